The Labute approximate surface area is 428 Å². The maximum absolute atomic E-state index is 7.11. The van der Waals surface area contributed by atoms with Gasteiger partial charge in [-0.3, -0.25) is 0 Å². The van der Waals surface area contributed by atoms with E-state index in [4.69, 9.17) is 50.1 Å². The number of benzene rings is 9. The van der Waals surface area contributed by atoms with Crippen molar-refractivity contribution in [3.05, 3.63) is 272 Å². The molecule has 0 heterocycles. The van der Waals surface area contributed by atoms with Gasteiger partial charge in [0.1, 0.15) is 0 Å². The number of rotatable bonds is 16. The molecule has 0 amide bonds. The van der Waals surface area contributed by atoms with Crippen LogP contribution in [0.5, 0.6) is 0 Å². The first-order chi connectivity index (χ1) is 34.2. The molecule has 0 aliphatic rings. The van der Waals surface area contributed by atoms with Crippen LogP contribution in [0.15, 0.2) is 276 Å². The Bertz CT molecular complexity index is 3110. The van der Waals surface area contributed by atoms with Crippen molar-refractivity contribution in [2.24, 2.45) is 14.7 Å². The van der Waals surface area contributed by atoms with Crippen LogP contribution in [0, 0.1) is 0 Å². The Hall–Kier alpha value is -5.90. The highest BCUT2D eigenvalue weighted by Crippen LogP contribution is 2.64. The van der Waals surface area contributed by atoms with Crippen LogP contribution in [0.4, 0.5) is 0 Å². The molecule has 0 saturated heterocycles. The first kappa shape index (κ1) is 49.1. The number of hydrogen-bond acceptors (Lipinski definition) is 5. The Morgan fingerprint density at radius 1 is 0.314 bits per heavy atom. The van der Waals surface area contributed by atoms with Crippen molar-refractivity contribution in [2.45, 2.75) is 0 Å². The number of nitrogens with zero attached hydrogens (tertiary/aromatic N) is 5. The van der Waals surface area contributed by atoms with E-state index in [1.807, 2.05) is 90.7 Å². The number of hydrogen-bond donors (Lipinski definition) is 0. The van der Waals surface area contributed by atoms with Crippen molar-refractivity contribution >= 4 is 121 Å². The fourth-order valence-electron chi connectivity index (χ4n) is 8.61. The van der Waals surface area contributed by atoms with Gasteiger partial charge in [-0.05, 0) is 33.0 Å². The zero-order valence-corrected chi connectivity index (χ0v) is 44.8. The van der Waals surface area contributed by atoms with Gasteiger partial charge in [0.2, 0.25) is 0 Å². The molecule has 12 heteroatoms. The SMILES string of the molecule is CN(/N=C\c1ccccc1P(=S)(c1ccccc1)c1ccccc1)P(=S)(N=P(c1ccccc1)(c1ccccc1)c1ccccc1)N(C)/N=C/c1ccccc1P(=S)(c1ccccc1)c1ccccc1. The van der Waals surface area contributed by atoms with Crippen LogP contribution in [0.25, 0.3) is 0 Å². The van der Waals surface area contributed by atoms with Gasteiger partial charge in [0, 0.05) is 63.8 Å². The van der Waals surface area contributed by atoms with E-state index in [9.17, 15) is 0 Å². The molecule has 0 fully saturated rings. The third kappa shape index (κ3) is 9.76. The quantitative estimate of drug-likeness (QED) is 0.0548. The highest BCUT2D eigenvalue weighted by molar-refractivity contribution is 8.26. The van der Waals surface area contributed by atoms with Gasteiger partial charge in [0.15, 0.2) is 0 Å². The van der Waals surface area contributed by atoms with Crippen molar-refractivity contribution in [3.63, 3.8) is 0 Å². The van der Waals surface area contributed by atoms with E-state index in [1.165, 1.54) is 0 Å². The van der Waals surface area contributed by atoms with Crippen molar-refractivity contribution in [1.82, 2.24) is 9.56 Å². The van der Waals surface area contributed by atoms with Gasteiger partial charge in [0.25, 0.3) is 6.49 Å². The average Bonchev–Trinajstić information content (AvgIpc) is 3.44. The minimum absolute atomic E-state index is 0.912. The van der Waals surface area contributed by atoms with Crippen molar-refractivity contribution in [1.29, 1.82) is 0 Å². The van der Waals surface area contributed by atoms with E-state index in [1.54, 1.807) is 0 Å². The first-order valence-electron chi connectivity index (χ1n) is 22.8. The van der Waals surface area contributed by atoms with E-state index in [2.05, 4.69) is 206 Å². The molecule has 70 heavy (non-hydrogen) atoms. The van der Waals surface area contributed by atoms with E-state index in [0.717, 1.165) is 58.9 Å². The van der Waals surface area contributed by atoms with Gasteiger partial charge >= 0.3 is 0 Å². The highest BCUT2D eigenvalue weighted by atomic mass is 32.5. The van der Waals surface area contributed by atoms with Crippen molar-refractivity contribution < 1.29 is 0 Å². The third-order valence-electron chi connectivity index (χ3n) is 12.2. The van der Waals surface area contributed by atoms with Crippen LogP contribution in [-0.4, -0.2) is 36.1 Å². The van der Waals surface area contributed by atoms with Gasteiger partial charge in [-0.15, -0.1) is 0 Å². The Morgan fingerprint density at radius 2 is 0.543 bits per heavy atom. The number of hydrazone groups is 2. The fourth-order valence-corrected chi connectivity index (χ4v) is 25.0. The monoisotopic (exact) mass is 1040 g/mol. The molecular weight excluding hydrogens is 987 g/mol. The predicted octanol–water partition coefficient (Wildman–Crippen LogP) is 10.8. The second-order valence-electron chi connectivity index (χ2n) is 16.4. The summed E-state index contributed by atoms with van der Waals surface area (Å²) in [5.74, 6) is 0. The molecule has 0 spiro atoms. The summed E-state index contributed by atoms with van der Waals surface area (Å²) in [5, 5.41) is 20.4. The van der Waals surface area contributed by atoms with Gasteiger partial charge in [0.05, 0.1) is 19.5 Å². The summed E-state index contributed by atoms with van der Waals surface area (Å²) in [4.78, 5) is 0. The summed E-state index contributed by atoms with van der Waals surface area (Å²) in [5.41, 5.74) is 1.82. The predicted molar refractivity (Wildman–Crippen MR) is 318 cm³/mol. The molecule has 0 aliphatic carbocycles. The zero-order valence-electron chi connectivity index (χ0n) is 38.7. The Balaban J connectivity index is 1.25. The van der Waals surface area contributed by atoms with Crippen LogP contribution in [0.2, 0.25) is 0 Å². The molecule has 0 aliphatic heterocycles. The van der Waals surface area contributed by atoms with E-state index < -0.39 is 25.6 Å². The molecule has 9 rings (SSSR count). The van der Waals surface area contributed by atoms with Crippen LogP contribution in [-0.2, 0) is 35.4 Å². The van der Waals surface area contributed by atoms with Crippen molar-refractivity contribution in [2.75, 3.05) is 14.1 Å². The Kier molecular flexibility index (Phi) is 15.5. The summed E-state index contributed by atoms with van der Waals surface area (Å²) >= 11 is 20.9. The minimum Gasteiger partial charge on any atom is -0.235 e. The normalized spacial score (nSPS) is 12.9. The second-order valence-corrected chi connectivity index (χ2v) is 32.3. The topological polar surface area (TPSA) is 43.6 Å². The first-order valence-corrected chi connectivity index (χ1v) is 32.8. The molecule has 0 aromatic heterocycles. The molecule has 5 nitrogen and oxygen atoms in total. The van der Waals surface area contributed by atoms with E-state index in [-0.39, 0.29) is 0 Å². The van der Waals surface area contributed by atoms with Gasteiger partial charge < -0.3 is 0 Å². The van der Waals surface area contributed by atoms with Crippen LogP contribution >= 0.6 is 25.6 Å². The lowest BCUT2D eigenvalue weighted by molar-refractivity contribution is 0.499. The van der Waals surface area contributed by atoms with Crippen LogP contribution in [0.3, 0.4) is 0 Å². The minimum atomic E-state index is -3.39. The summed E-state index contributed by atoms with van der Waals surface area (Å²) in [6.07, 6.45) is 3.82. The summed E-state index contributed by atoms with van der Waals surface area (Å²) in [6.45, 7) is -3.39. The summed E-state index contributed by atoms with van der Waals surface area (Å²) < 4.78 is 9.89. The molecule has 0 bridgehead atoms. The molecule has 346 valence electrons. The van der Waals surface area contributed by atoms with E-state index >= 15 is 0 Å². The molecule has 9 aromatic rings. The van der Waals surface area contributed by atoms with Gasteiger partial charge in [-0.2, -0.15) is 10.2 Å². The second kappa shape index (κ2) is 22.0. The fraction of sp³-hybridized carbons (Fsp3) is 0.0345. The molecule has 1 atom stereocenters. The molecular formula is C58H51N5P4S3. The van der Waals surface area contributed by atoms with Gasteiger partial charge in [-0.1, -0.05) is 284 Å². The molecule has 0 N–H and O–H groups in total. The lowest BCUT2D eigenvalue weighted by atomic mass is 10.2. The lowest BCUT2D eigenvalue weighted by Crippen LogP contribution is -2.28. The molecule has 1 unspecified atom stereocenters. The lowest BCUT2D eigenvalue weighted by Gasteiger charge is -2.36. The Morgan fingerprint density at radius 3 is 0.814 bits per heavy atom. The molecule has 9 aromatic carbocycles. The zero-order chi connectivity index (χ0) is 48.4. The maximum atomic E-state index is 7.11. The maximum Gasteiger partial charge on any atom is 0.268 e. The third-order valence-corrected chi connectivity index (χ3v) is 31.1. The van der Waals surface area contributed by atoms with E-state index in [0.29, 0.717) is 0 Å². The van der Waals surface area contributed by atoms with Crippen LogP contribution < -0.4 is 47.7 Å². The largest absolute Gasteiger partial charge is 0.268 e. The summed E-state index contributed by atoms with van der Waals surface area (Å²) in [7, 11) is 0.988. The average molecular weight is 1040 g/mol. The van der Waals surface area contributed by atoms with Crippen LogP contribution in [0.1, 0.15) is 11.1 Å². The highest BCUT2D eigenvalue weighted by Gasteiger charge is 2.36. The van der Waals surface area contributed by atoms with Crippen molar-refractivity contribution in [3.8, 4) is 0 Å². The smallest absolute Gasteiger partial charge is 0.235 e. The molecule has 0 radical (unpaired) electrons. The van der Waals surface area contributed by atoms with Gasteiger partial charge in [-0.25, -0.2) is 14.1 Å². The molecule has 0 saturated carbocycles. The summed E-state index contributed by atoms with van der Waals surface area (Å²) in [6, 6.07) is 85.2. The standard InChI is InChI=1S/C58H51N5P4S3/c1-62(59-46-48-28-24-26-44-57(48)65(68,53-36-16-6-17-37-53)54-38-18-7-19-39-54)67(70,61-64(50-30-10-3-11-31-50,51-32-12-4-13-33-51)52-34-14-5-15-35-52)63(2)60-47-49-29-25-27-45-58(49)66(69,55-40-20-8-21-41-55)56-42-22-9-23-43-56/h3-47H,1-2H3/b59-46-,60-47+.